The number of hydrogen-bond donors (Lipinski definition) is 0. The third-order valence-electron chi connectivity index (χ3n) is 4.18. The molecule has 1 aliphatic heterocycles. The molecule has 0 aliphatic carbocycles. The van der Waals surface area contributed by atoms with Gasteiger partial charge in [0, 0.05) is 12.2 Å². The van der Waals surface area contributed by atoms with Crippen molar-refractivity contribution < 1.29 is 9.47 Å². The molecule has 1 aromatic carbocycles. The molecule has 1 aliphatic rings. The lowest BCUT2D eigenvalue weighted by Gasteiger charge is -2.05. The summed E-state index contributed by atoms with van der Waals surface area (Å²) in [6.07, 6.45) is 6.53. The zero-order chi connectivity index (χ0) is 16.4. The Kier molecular flexibility index (Phi) is 4.49. The Labute approximate surface area is 145 Å². The fraction of sp³-hybridized carbons (Fsp3) is 0.444. The number of imidazole rings is 1. The molecule has 6 heteroatoms. The van der Waals surface area contributed by atoms with Crippen molar-refractivity contribution >= 4 is 16.3 Å². The minimum absolute atomic E-state index is 0.153. The number of rotatable bonds is 6. The first-order chi connectivity index (χ1) is 11.8. The van der Waals surface area contributed by atoms with Crippen LogP contribution in [-0.4, -0.2) is 27.8 Å². The second-order valence-corrected chi connectivity index (χ2v) is 7.01. The summed E-state index contributed by atoms with van der Waals surface area (Å²) in [5.41, 5.74) is 2.02. The fourth-order valence-corrected chi connectivity index (χ4v) is 3.78. The smallest absolute Gasteiger partial charge is 0.212 e. The van der Waals surface area contributed by atoms with E-state index in [0.29, 0.717) is 0 Å². The molecule has 3 aromatic rings. The lowest BCUT2D eigenvalue weighted by atomic mass is 10.2. The van der Waals surface area contributed by atoms with Gasteiger partial charge in [0.25, 0.3) is 0 Å². The molecule has 0 amide bonds. The molecule has 2 aromatic heterocycles. The fourth-order valence-electron chi connectivity index (χ4n) is 2.81. The van der Waals surface area contributed by atoms with E-state index in [9.17, 15) is 0 Å². The molecule has 1 unspecified atom stereocenters. The summed E-state index contributed by atoms with van der Waals surface area (Å²) in [7, 11) is 0. The van der Waals surface area contributed by atoms with Gasteiger partial charge in [-0.15, -0.1) is 0 Å². The molecule has 1 saturated heterocycles. The Morgan fingerprint density at radius 3 is 2.92 bits per heavy atom. The highest BCUT2D eigenvalue weighted by Crippen LogP contribution is 2.32. The first kappa shape index (κ1) is 15.6. The molecule has 0 spiro atoms. The van der Waals surface area contributed by atoms with Crippen molar-refractivity contribution in [2.75, 3.05) is 13.2 Å². The Balaban J connectivity index is 1.50. The highest BCUT2D eigenvalue weighted by atomic mass is 32.1. The quantitative estimate of drug-likeness (QED) is 0.619. The van der Waals surface area contributed by atoms with E-state index in [1.165, 1.54) is 0 Å². The molecule has 24 heavy (non-hydrogen) atoms. The van der Waals surface area contributed by atoms with Crippen LogP contribution in [0.5, 0.6) is 5.75 Å². The molecular weight excluding hydrogens is 322 g/mol. The van der Waals surface area contributed by atoms with Crippen molar-refractivity contribution in [1.29, 1.82) is 0 Å². The lowest BCUT2D eigenvalue weighted by Crippen LogP contribution is -1.96. The molecule has 126 valence electrons. The third kappa shape index (κ3) is 3.16. The van der Waals surface area contributed by atoms with Gasteiger partial charge >= 0.3 is 0 Å². The molecule has 0 N–H and O–H groups in total. The predicted molar refractivity (Wildman–Crippen MR) is 94.6 cm³/mol. The largest absolute Gasteiger partial charge is 0.494 e. The van der Waals surface area contributed by atoms with Gasteiger partial charge in [0.1, 0.15) is 16.9 Å². The average molecular weight is 343 g/mol. The van der Waals surface area contributed by atoms with Crippen molar-refractivity contribution in [2.45, 2.75) is 38.7 Å². The highest BCUT2D eigenvalue weighted by Gasteiger charge is 2.22. The number of aromatic nitrogens is 3. The number of nitrogens with zero attached hydrogens (tertiary/aromatic N) is 3. The van der Waals surface area contributed by atoms with Crippen LogP contribution in [0, 0.1) is 0 Å². The summed E-state index contributed by atoms with van der Waals surface area (Å²) in [6.45, 7) is 3.77. The van der Waals surface area contributed by atoms with E-state index in [4.69, 9.17) is 14.5 Å². The SMILES string of the molecule is CCCCOc1ccc(-c2cn3nc(C4CCCO4)sc3n2)cc1. The molecule has 0 radical (unpaired) electrons. The summed E-state index contributed by atoms with van der Waals surface area (Å²) in [6, 6.07) is 8.11. The average Bonchev–Trinajstić information content (AvgIpc) is 3.31. The van der Waals surface area contributed by atoms with Crippen LogP contribution in [0.4, 0.5) is 0 Å². The maximum absolute atomic E-state index is 5.70. The van der Waals surface area contributed by atoms with Gasteiger partial charge in [-0.2, -0.15) is 5.10 Å². The van der Waals surface area contributed by atoms with Crippen molar-refractivity contribution in [3.63, 3.8) is 0 Å². The first-order valence-electron chi connectivity index (χ1n) is 8.54. The van der Waals surface area contributed by atoms with Crippen LogP contribution in [0.3, 0.4) is 0 Å². The van der Waals surface area contributed by atoms with Crippen molar-refractivity contribution in [3.8, 4) is 17.0 Å². The van der Waals surface area contributed by atoms with Gasteiger partial charge < -0.3 is 9.47 Å². The lowest BCUT2D eigenvalue weighted by molar-refractivity contribution is 0.111. The second kappa shape index (κ2) is 6.91. The van der Waals surface area contributed by atoms with Gasteiger partial charge in [0.05, 0.1) is 18.5 Å². The van der Waals surface area contributed by atoms with E-state index < -0.39 is 0 Å². The van der Waals surface area contributed by atoms with Crippen molar-refractivity contribution in [3.05, 3.63) is 35.5 Å². The molecule has 0 saturated carbocycles. The molecule has 3 heterocycles. The molecule has 4 rings (SSSR count). The van der Waals surface area contributed by atoms with Crippen LogP contribution < -0.4 is 4.74 Å². The van der Waals surface area contributed by atoms with E-state index in [1.54, 1.807) is 11.3 Å². The summed E-state index contributed by atoms with van der Waals surface area (Å²) in [4.78, 5) is 5.62. The predicted octanol–water partition coefficient (Wildman–Crippen LogP) is 4.49. The minimum Gasteiger partial charge on any atom is -0.494 e. The standard InChI is InChI=1S/C18H21N3O2S/c1-2-3-10-22-14-8-6-13(7-9-14)15-12-21-18(19-15)24-17(20-21)16-5-4-11-23-16/h6-9,12,16H,2-5,10-11H2,1H3. The van der Waals surface area contributed by atoms with Crippen LogP contribution in [0.1, 0.15) is 43.7 Å². The van der Waals surface area contributed by atoms with Crippen molar-refractivity contribution in [2.24, 2.45) is 0 Å². The van der Waals surface area contributed by atoms with Gasteiger partial charge in [-0.1, -0.05) is 24.7 Å². The van der Waals surface area contributed by atoms with Gasteiger partial charge in [-0.3, -0.25) is 0 Å². The monoisotopic (exact) mass is 343 g/mol. The normalized spacial score (nSPS) is 17.6. The van der Waals surface area contributed by atoms with Crippen LogP contribution in [0.15, 0.2) is 30.5 Å². The maximum Gasteiger partial charge on any atom is 0.212 e. The van der Waals surface area contributed by atoms with Crippen LogP contribution >= 0.6 is 11.3 Å². The minimum atomic E-state index is 0.153. The topological polar surface area (TPSA) is 48.7 Å². The number of fused-ring (bicyclic) bond motifs is 1. The first-order valence-corrected chi connectivity index (χ1v) is 9.36. The molecule has 1 fully saturated rings. The van der Waals surface area contributed by atoms with E-state index in [-0.39, 0.29) is 6.10 Å². The van der Waals surface area contributed by atoms with Gasteiger partial charge in [-0.25, -0.2) is 9.50 Å². The van der Waals surface area contributed by atoms with Crippen LogP contribution in [-0.2, 0) is 4.74 Å². The maximum atomic E-state index is 5.70. The number of unbranched alkanes of at least 4 members (excludes halogenated alkanes) is 1. The van der Waals surface area contributed by atoms with Crippen LogP contribution in [0.2, 0.25) is 0 Å². The van der Waals surface area contributed by atoms with E-state index in [0.717, 1.165) is 65.9 Å². The van der Waals surface area contributed by atoms with Crippen LogP contribution in [0.25, 0.3) is 16.2 Å². The van der Waals surface area contributed by atoms with Gasteiger partial charge in [0.2, 0.25) is 4.96 Å². The zero-order valence-electron chi connectivity index (χ0n) is 13.8. The van der Waals surface area contributed by atoms with Crippen molar-refractivity contribution in [1.82, 2.24) is 14.6 Å². The third-order valence-corrected chi connectivity index (χ3v) is 5.20. The van der Waals surface area contributed by atoms with Gasteiger partial charge in [0.15, 0.2) is 0 Å². The number of benzene rings is 1. The number of hydrogen-bond acceptors (Lipinski definition) is 5. The Bertz CT molecular complexity index is 772. The Hall–Kier alpha value is -1.92. The molecule has 1 atom stereocenters. The summed E-state index contributed by atoms with van der Waals surface area (Å²) < 4.78 is 13.3. The number of ether oxygens (including phenoxy) is 2. The molecule has 5 nitrogen and oxygen atoms in total. The summed E-state index contributed by atoms with van der Waals surface area (Å²) >= 11 is 1.62. The van der Waals surface area contributed by atoms with E-state index >= 15 is 0 Å². The Morgan fingerprint density at radius 1 is 1.33 bits per heavy atom. The van der Waals surface area contributed by atoms with Gasteiger partial charge in [-0.05, 0) is 43.5 Å². The second-order valence-electron chi connectivity index (χ2n) is 6.02. The molecular formula is C18H21N3O2S. The summed E-state index contributed by atoms with van der Waals surface area (Å²) in [5, 5.41) is 5.66. The Morgan fingerprint density at radius 2 is 2.21 bits per heavy atom. The highest BCUT2D eigenvalue weighted by molar-refractivity contribution is 7.16. The summed E-state index contributed by atoms with van der Waals surface area (Å²) in [5.74, 6) is 0.909. The zero-order valence-corrected chi connectivity index (χ0v) is 14.6. The van der Waals surface area contributed by atoms with E-state index in [1.807, 2.05) is 22.8 Å². The van der Waals surface area contributed by atoms with E-state index in [2.05, 4.69) is 24.2 Å². The molecule has 0 bridgehead atoms.